The Morgan fingerprint density at radius 3 is 2.62 bits per heavy atom. The van der Waals surface area contributed by atoms with Crippen LogP contribution in [0.1, 0.15) is 39.5 Å². The molecule has 2 aliphatic heterocycles. The molecule has 174 valence electrons. The van der Waals surface area contributed by atoms with E-state index in [0.29, 0.717) is 53.5 Å². The lowest BCUT2D eigenvalue weighted by atomic mass is 9.98. The summed E-state index contributed by atoms with van der Waals surface area (Å²) in [6.07, 6.45) is 1.76. The third kappa shape index (κ3) is 4.39. The van der Waals surface area contributed by atoms with E-state index in [1.54, 1.807) is 12.1 Å². The van der Waals surface area contributed by atoms with Crippen LogP contribution >= 0.6 is 23.2 Å². The Morgan fingerprint density at radius 1 is 1.09 bits per heavy atom. The summed E-state index contributed by atoms with van der Waals surface area (Å²) in [5.74, 6) is 2.30. The van der Waals surface area contributed by atoms with Crippen molar-refractivity contribution in [3.8, 4) is 17.2 Å². The van der Waals surface area contributed by atoms with E-state index >= 15 is 0 Å². The summed E-state index contributed by atoms with van der Waals surface area (Å²) >= 11 is 12.2. The van der Waals surface area contributed by atoms with E-state index < -0.39 is 0 Å². The number of fused-ring (bicyclic) bond motifs is 3. The quantitative estimate of drug-likeness (QED) is 0.370. The number of halogens is 2. The molecule has 0 fully saturated rings. The maximum absolute atomic E-state index is 13.2. The topological polar surface area (TPSA) is 48.0 Å². The molecule has 0 atom stereocenters. The lowest BCUT2D eigenvalue weighted by molar-refractivity contribution is 0.0872. The fourth-order valence-electron chi connectivity index (χ4n) is 4.25. The van der Waals surface area contributed by atoms with Crippen molar-refractivity contribution in [3.63, 3.8) is 0 Å². The Bertz CT molecular complexity index is 1300. The van der Waals surface area contributed by atoms with Gasteiger partial charge in [-0.15, -0.1) is 0 Å². The molecule has 0 bridgehead atoms. The molecular weight excluding hydrogens is 473 g/mol. The van der Waals surface area contributed by atoms with Gasteiger partial charge in [-0.3, -0.25) is 9.69 Å². The average molecular weight is 496 g/mol. The van der Waals surface area contributed by atoms with Gasteiger partial charge in [-0.25, -0.2) is 0 Å². The Kier molecular flexibility index (Phi) is 6.26. The number of aryl methyl sites for hydroxylation is 1. The first kappa shape index (κ1) is 22.8. The Hall–Kier alpha value is -2.99. The normalized spacial score (nSPS) is 16.1. The van der Waals surface area contributed by atoms with Gasteiger partial charge < -0.3 is 14.2 Å². The molecule has 7 heteroatoms. The zero-order chi connectivity index (χ0) is 23.8. The molecule has 0 aromatic heterocycles. The van der Waals surface area contributed by atoms with Crippen molar-refractivity contribution in [3.05, 3.63) is 92.2 Å². The summed E-state index contributed by atoms with van der Waals surface area (Å²) in [5.41, 5.74) is 4.19. The fourth-order valence-corrected chi connectivity index (χ4v) is 4.57. The molecule has 5 rings (SSSR count). The van der Waals surface area contributed by atoms with Crippen molar-refractivity contribution in [1.29, 1.82) is 0 Å². The van der Waals surface area contributed by atoms with Gasteiger partial charge >= 0.3 is 0 Å². The van der Waals surface area contributed by atoms with Crippen LogP contribution in [0.15, 0.2) is 54.3 Å². The number of carbonyl (C=O) groups excluding carboxylic acids is 1. The van der Waals surface area contributed by atoms with E-state index in [1.165, 1.54) is 0 Å². The first-order valence-corrected chi connectivity index (χ1v) is 11.8. The predicted molar refractivity (Wildman–Crippen MR) is 133 cm³/mol. The van der Waals surface area contributed by atoms with E-state index in [1.807, 2.05) is 56.3 Å². The Balaban J connectivity index is 1.41. The van der Waals surface area contributed by atoms with Crippen LogP contribution in [0.5, 0.6) is 17.2 Å². The smallest absolute Gasteiger partial charge is 0.232 e. The number of carbonyl (C=O) groups is 1. The van der Waals surface area contributed by atoms with Crippen molar-refractivity contribution in [2.75, 3.05) is 13.3 Å². The second-order valence-corrected chi connectivity index (χ2v) is 9.14. The van der Waals surface area contributed by atoms with Crippen molar-refractivity contribution in [2.24, 2.45) is 0 Å². The van der Waals surface area contributed by atoms with Gasteiger partial charge in [-0.05, 0) is 66.9 Å². The van der Waals surface area contributed by atoms with Gasteiger partial charge in [-0.1, -0.05) is 41.4 Å². The monoisotopic (exact) mass is 495 g/mol. The zero-order valence-corrected chi connectivity index (χ0v) is 20.4. The van der Waals surface area contributed by atoms with Crippen LogP contribution in [0.4, 0.5) is 0 Å². The van der Waals surface area contributed by atoms with Gasteiger partial charge in [0.05, 0.1) is 27.8 Å². The van der Waals surface area contributed by atoms with Crippen LogP contribution in [-0.2, 0) is 13.1 Å². The molecule has 0 unspecified atom stereocenters. The first-order chi connectivity index (χ1) is 16.4. The number of hydrogen-bond acceptors (Lipinski definition) is 5. The van der Waals surface area contributed by atoms with E-state index in [4.69, 9.17) is 37.4 Å². The Labute approximate surface area is 208 Å². The minimum atomic E-state index is -0.120. The summed E-state index contributed by atoms with van der Waals surface area (Å²) in [7, 11) is 0. The molecule has 5 nitrogen and oxygen atoms in total. The van der Waals surface area contributed by atoms with Gasteiger partial charge in [0.2, 0.25) is 5.78 Å². The SMILES string of the molecule is CCOc1ccc(/C=C2\Oc3c4c(cc(C)c3C2=O)OCN(Cc2ccc(Cl)c(Cl)c2)C4)cc1. The maximum Gasteiger partial charge on any atom is 0.232 e. The zero-order valence-electron chi connectivity index (χ0n) is 18.9. The van der Waals surface area contributed by atoms with Crippen LogP contribution in [0.25, 0.3) is 6.08 Å². The second-order valence-electron chi connectivity index (χ2n) is 8.33. The van der Waals surface area contributed by atoms with Crippen LogP contribution in [0.2, 0.25) is 10.0 Å². The first-order valence-electron chi connectivity index (χ1n) is 11.1. The molecule has 0 N–H and O–H groups in total. The molecule has 0 radical (unpaired) electrons. The van der Waals surface area contributed by atoms with Crippen LogP contribution in [0.3, 0.4) is 0 Å². The van der Waals surface area contributed by atoms with Gasteiger partial charge in [0, 0.05) is 13.1 Å². The highest BCUT2D eigenvalue weighted by atomic mass is 35.5. The number of nitrogens with zero attached hydrogens (tertiary/aromatic N) is 1. The molecule has 3 aromatic rings. The molecule has 0 spiro atoms. The number of ketones is 1. The van der Waals surface area contributed by atoms with Gasteiger partial charge in [0.1, 0.15) is 24.0 Å². The van der Waals surface area contributed by atoms with Gasteiger partial charge in [-0.2, -0.15) is 0 Å². The number of Topliss-reactive ketones (excluding diaryl/α,β-unsaturated/α-hetero) is 1. The van der Waals surface area contributed by atoms with Crippen molar-refractivity contribution in [2.45, 2.75) is 26.9 Å². The molecule has 34 heavy (non-hydrogen) atoms. The lowest BCUT2D eigenvalue weighted by Crippen LogP contribution is -2.31. The number of hydrogen-bond donors (Lipinski definition) is 0. The molecule has 0 aliphatic carbocycles. The fraction of sp³-hybridized carbons (Fsp3) is 0.222. The maximum atomic E-state index is 13.2. The highest BCUT2D eigenvalue weighted by molar-refractivity contribution is 6.42. The van der Waals surface area contributed by atoms with Crippen molar-refractivity contribution >= 4 is 35.1 Å². The summed E-state index contributed by atoms with van der Waals surface area (Å²) in [4.78, 5) is 15.3. The van der Waals surface area contributed by atoms with Crippen molar-refractivity contribution < 1.29 is 19.0 Å². The summed E-state index contributed by atoms with van der Waals surface area (Å²) in [6, 6.07) is 15.1. The third-order valence-corrected chi connectivity index (χ3v) is 6.61. The van der Waals surface area contributed by atoms with Crippen molar-refractivity contribution in [1.82, 2.24) is 4.90 Å². The van der Waals surface area contributed by atoms with E-state index in [0.717, 1.165) is 33.8 Å². The summed E-state index contributed by atoms with van der Waals surface area (Å²) in [5, 5.41) is 1.05. The van der Waals surface area contributed by atoms with Crippen LogP contribution in [-0.4, -0.2) is 24.0 Å². The molecule has 2 heterocycles. The molecular formula is C27H23Cl2NO4. The number of ether oxygens (including phenoxy) is 3. The van der Waals surface area contributed by atoms with E-state index in [2.05, 4.69) is 4.90 Å². The minimum absolute atomic E-state index is 0.120. The van der Waals surface area contributed by atoms with E-state index in [-0.39, 0.29) is 5.78 Å². The predicted octanol–water partition coefficient (Wildman–Crippen LogP) is 6.67. The highest BCUT2D eigenvalue weighted by Crippen LogP contribution is 2.44. The number of allylic oxidation sites excluding steroid dienone is 1. The highest BCUT2D eigenvalue weighted by Gasteiger charge is 2.35. The molecule has 3 aromatic carbocycles. The lowest BCUT2D eigenvalue weighted by Gasteiger charge is -2.30. The third-order valence-electron chi connectivity index (χ3n) is 5.87. The summed E-state index contributed by atoms with van der Waals surface area (Å²) < 4.78 is 17.7. The number of rotatable bonds is 5. The second kappa shape index (κ2) is 9.34. The standard InChI is InChI=1S/C27H23Cl2NO4/c1-3-32-19-7-4-17(5-8-19)12-24-26(31)25-16(2)10-23-20(27(25)34-24)14-30(15-33-23)13-18-6-9-21(28)22(29)11-18/h4-12H,3,13-15H2,1-2H3/b24-12-. The van der Waals surface area contributed by atoms with Gasteiger partial charge in [0.25, 0.3) is 0 Å². The van der Waals surface area contributed by atoms with E-state index in [9.17, 15) is 4.79 Å². The molecule has 0 saturated heterocycles. The molecule has 0 saturated carbocycles. The van der Waals surface area contributed by atoms with Crippen LogP contribution < -0.4 is 14.2 Å². The summed E-state index contributed by atoms with van der Waals surface area (Å²) in [6.45, 7) is 6.09. The molecule has 2 aliphatic rings. The minimum Gasteiger partial charge on any atom is -0.494 e. The molecule has 0 amide bonds. The number of benzene rings is 3. The largest absolute Gasteiger partial charge is 0.494 e. The average Bonchev–Trinajstić information content (AvgIpc) is 3.15. The Morgan fingerprint density at radius 2 is 1.88 bits per heavy atom. The van der Waals surface area contributed by atoms with Gasteiger partial charge in [0.15, 0.2) is 5.76 Å². The van der Waals surface area contributed by atoms with Crippen LogP contribution in [0, 0.1) is 6.92 Å².